The molecule has 8 nitrogen and oxygen atoms in total. The van der Waals surface area contributed by atoms with Crippen LogP contribution in [0.25, 0.3) is 0 Å². The van der Waals surface area contributed by atoms with Crippen LogP contribution in [0.2, 0.25) is 5.02 Å². The molecule has 0 spiro atoms. The number of rotatable bonds is 4. The molecular formula is C12H12ClN5O3. The Bertz CT molecular complexity index is 708. The first kappa shape index (κ1) is 14.9. The lowest BCUT2D eigenvalue weighted by Gasteiger charge is -2.11. The highest BCUT2D eigenvalue weighted by atomic mass is 35.5. The molecule has 0 aliphatic heterocycles. The molecule has 9 heteroatoms. The van der Waals surface area contributed by atoms with E-state index in [-0.39, 0.29) is 28.3 Å². The van der Waals surface area contributed by atoms with E-state index >= 15 is 0 Å². The summed E-state index contributed by atoms with van der Waals surface area (Å²) in [7, 11) is 0. The van der Waals surface area contributed by atoms with Crippen LogP contribution in [0.5, 0.6) is 11.6 Å². The van der Waals surface area contributed by atoms with Crippen molar-refractivity contribution in [2.75, 3.05) is 5.43 Å². The number of aromatic nitrogens is 2. The Morgan fingerprint density at radius 3 is 2.76 bits per heavy atom. The fourth-order valence-electron chi connectivity index (χ4n) is 1.79. The predicted molar refractivity (Wildman–Crippen MR) is 77.5 cm³/mol. The maximum atomic E-state index is 11.2. The van der Waals surface area contributed by atoms with Crippen molar-refractivity contribution < 1.29 is 9.66 Å². The third-order valence-electron chi connectivity index (χ3n) is 2.64. The Labute approximate surface area is 125 Å². The summed E-state index contributed by atoms with van der Waals surface area (Å²) < 4.78 is 5.51. The number of nitrogens with one attached hydrogen (secondary N) is 1. The lowest BCUT2D eigenvalue weighted by Crippen LogP contribution is -2.10. The SMILES string of the molecule is Cc1cc(C)c(Oc2nc(NN)ncc2Cl)c([N+](=O)[O-])c1. The number of nitro groups is 1. The van der Waals surface area contributed by atoms with Gasteiger partial charge in [0.1, 0.15) is 5.02 Å². The smallest absolute Gasteiger partial charge is 0.312 e. The van der Waals surface area contributed by atoms with Gasteiger partial charge in [0.25, 0.3) is 0 Å². The first-order valence-corrected chi connectivity index (χ1v) is 6.23. The molecule has 21 heavy (non-hydrogen) atoms. The van der Waals surface area contributed by atoms with E-state index in [1.807, 2.05) is 0 Å². The first-order chi connectivity index (χ1) is 9.92. The summed E-state index contributed by atoms with van der Waals surface area (Å²) in [5.41, 5.74) is 3.43. The van der Waals surface area contributed by atoms with E-state index in [1.165, 1.54) is 12.3 Å². The zero-order valence-electron chi connectivity index (χ0n) is 11.3. The van der Waals surface area contributed by atoms with Gasteiger partial charge in [0.15, 0.2) is 0 Å². The molecule has 3 N–H and O–H groups in total. The van der Waals surface area contributed by atoms with Gasteiger partial charge < -0.3 is 4.74 Å². The number of hydrazine groups is 1. The number of halogens is 1. The Balaban J connectivity index is 2.51. The van der Waals surface area contributed by atoms with Gasteiger partial charge in [-0.15, -0.1) is 0 Å². The highest BCUT2D eigenvalue weighted by Gasteiger charge is 2.21. The molecule has 110 valence electrons. The lowest BCUT2D eigenvalue weighted by molar-refractivity contribution is -0.385. The Kier molecular flexibility index (Phi) is 4.20. The standard InChI is InChI=1S/C12H12ClN5O3/c1-6-3-7(2)10(9(4-6)18(19)20)21-11-8(13)5-15-12(16-11)17-14/h3-5H,14H2,1-2H3,(H,15,16,17). The van der Waals surface area contributed by atoms with Crippen molar-refractivity contribution in [3.63, 3.8) is 0 Å². The molecule has 0 bridgehead atoms. The number of nitro benzene ring substituents is 1. The van der Waals surface area contributed by atoms with E-state index in [4.69, 9.17) is 22.2 Å². The van der Waals surface area contributed by atoms with E-state index in [2.05, 4.69) is 15.4 Å². The van der Waals surface area contributed by atoms with Gasteiger partial charge in [0, 0.05) is 6.07 Å². The minimum absolute atomic E-state index is 0.0188. The number of benzene rings is 1. The van der Waals surface area contributed by atoms with Crippen molar-refractivity contribution >= 4 is 23.2 Å². The molecule has 2 aromatic rings. The van der Waals surface area contributed by atoms with E-state index in [1.54, 1.807) is 19.9 Å². The average molecular weight is 310 g/mol. The summed E-state index contributed by atoms with van der Waals surface area (Å²) in [6.45, 7) is 3.46. The van der Waals surface area contributed by atoms with Gasteiger partial charge in [-0.1, -0.05) is 17.7 Å². The molecule has 2 rings (SSSR count). The third kappa shape index (κ3) is 3.18. The average Bonchev–Trinajstić information content (AvgIpc) is 2.43. The Morgan fingerprint density at radius 2 is 2.14 bits per heavy atom. The number of nitrogen functional groups attached to an aromatic ring is 1. The van der Waals surface area contributed by atoms with Crippen molar-refractivity contribution in [1.29, 1.82) is 0 Å². The van der Waals surface area contributed by atoms with Crippen molar-refractivity contribution in [1.82, 2.24) is 9.97 Å². The summed E-state index contributed by atoms with van der Waals surface area (Å²) in [4.78, 5) is 18.4. The minimum Gasteiger partial charge on any atom is -0.430 e. The van der Waals surface area contributed by atoms with Crippen LogP contribution in [0.1, 0.15) is 11.1 Å². The highest BCUT2D eigenvalue weighted by Crippen LogP contribution is 2.37. The fraction of sp³-hybridized carbons (Fsp3) is 0.167. The van der Waals surface area contributed by atoms with Crippen molar-refractivity contribution in [2.45, 2.75) is 13.8 Å². The van der Waals surface area contributed by atoms with Crippen LogP contribution < -0.4 is 16.0 Å². The van der Waals surface area contributed by atoms with Crippen LogP contribution in [0.3, 0.4) is 0 Å². The number of ether oxygens (including phenoxy) is 1. The maximum Gasteiger partial charge on any atom is 0.312 e. The second-order valence-corrected chi connectivity index (χ2v) is 4.69. The molecule has 0 atom stereocenters. The number of nitrogens with zero attached hydrogens (tertiary/aromatic N) is 3. The van der Waals surface area contributed by atoms with E-state index in [9.17, 15) is 10.1 Å². The molecule has 0 unspecified atom stereocenters. The van der Waals surface area contributed by atoms with Gasteiger partial charge in [0.05, 0.1) is 11.1 Å². The molecule has 1 aromatic heterocycles. The number of nitrogens with two attached hydrogens (primary N) is 1. The topological polar surface area (TPSA) is 116 Å². The summed E-state index contributed by atoms with van der Waals surface area (Å²) >= 11 is 5.93. The van der Waals surface area contributed by atoms with E-state index < -0.39 is 4.92 Å². The van der Waals surface area contributed by atoms with Gasteiger partial charge in [-0.2, -0.15) is 4.98 Å². The number of hydrogen-bond donors (Lipinski definition) is 2. The molecule has 0 saturated heterocycles. The van der Waals surface area contributed by atoms with Crippen LogP contribution in [0, 0.1) is 24.0 Å². The largest absolute Gasteiger partial charge is 0.430 e. The van der Waals surface area contributed by atoms with Gasteiger partial charge in [-0.05, 0) is 25.0 Å². The zero-order chi connectivity index (χ0) is 15.6. The minimum atomic E-state index is -0.521. The number of hydrogen-bond acceptors (Lipinski definition) is 7. The number of aryl methyl sites for hydroxylation is 2. The van der Waals surface area contributed by atoms with Crippen LogP contribution in [0.4, 0.5) is 11.6 Å². The lowest BCUT2D eigenvalue weighted by atomic mass is 10.1. The predicted octanol–water partition coefficient (Wildman–Crippen LogP) is 2.73. The van der Waals surface area contributed by atoms with Crippen LogP contribution >= 0.6 is 11.6 Å². The van der Waals surface area contributed by atoms with Crippen LogP contribution in [0.15, 0.2) is 18.3 Å². The van der Waals surface area contributed by atoms with E-state index in [0.717, 1.165) is 5.56 Å². The summed E-state index contributed by atoms with van der Waals surface area (Å²) in [5, 5.41) is 11.3. The van der Waals surface area contributed by atoms with Crippen molar-refractivity contribution in [2.24, 2.45) is 5.84 Å². The molecular weight excluding hydrogens is 298 g/mol. The first-order valence-electron chi connectivity index (χ1n) is 5.85. The Hall–Kier alpha value is -2.45. The van der Waals surface area contributed by atoms with Gasteiger partial charge in [-0.25, -0.2) is 10.8 Å². The molecule has 0 fully saturated rings. The number of anilines is 1. The van der Waals surface area contributed by atoms with Crippen molar-refractivity contribution in [3.8, 4) is 11.6 Å². The maximum absolute atomic E-state index is 11.2. The normalized spacial score (nSPS) is 10.3. The molecule has 1 aromatic carbocycles. The summed E-state index contributed by atoms with van der Waals surface area (Å²) in [6.07, 6.45) is 1.29. The Morgan fingerprint density at radius 1 is 1.43 bits per heavy atom. The molecule has 0 saturated carbocycles. The summed E-state index contributed by atoms with van der Waals surface area (Å²) in [5.74, 6) is 5.35. The van der Waals surface area contributed by atoms with Gasteiger partial charge in [-0.3, -0.25) is 15.5 Å². The molecule has 0 aliphatic carbocycles. The fourth-order valence-corrected chi connectivity index (χ4v) is 1.92. The third-order valence-corrected chi connectivity index (χ3v) is 2.90. The highest BCUT2D eigenvalue weighted by molar-refractivity contribution is 6.31. The van der Waals surface area contributed by atoms with Gasteiger partial charge >= 0.3 is 5.69 Å². The molecule has 1 heterocycles. The van der Waals surface area contributed by atoms with Gasteiger partial charge in [0.2, 0.25) is 17.6 Å². The zero-order valence-corrected chi connectivity index (χ0v) is 12.0. The molecule has 0 aliphatic rings. The molecule has 0 radical (unpaired) electrons. The second kappa shape index (κ2) is 5.90. The van der Waals surface area contributed by atoms with Crippen LogP contribution in [-0.4, -0.2) is 14.9 Å². The monoisotopic (exact) mass is 309 g/mol. The van der Waals surface area contributed by atoms with Crippen molar-refractivity contribution in [3.05, 3.63) is 44.6 Å². The quantitative estimate of drug-likeness (QED) is 0.506. The second-order valence-electron chi connectivity index (χ2n) is 4.28. The summed E-state index contributed by atoms with van der Waals surface area (Å²) in [6, 6.07) is 3.18. The van der Waals surface area contributed by atoms with E-state index in [0.29, 0.717) is 5.56 Å². The molecule has 0 amide bonds. The van der Waals surface area contributed by atoms with Crippen LogP contribution in [-0.2, 0) is 0 Å².